The molecule has 0 aliphatic carbocycles. The quantitative estimate of drug-likeness (QED) is 0.295. The van der Waals surface area contributed by atoms with Crippen molar-refractivity contribution in [3.8, 4) is 0 Å². The van der Waals surface area contributed by atoms with Crippen LogP contribution in [0.5, 0.6) is 0 Å². The topological polar surface area (TPSA) is 89.8 Å². The first-order chi connectivity index (χ1) is 17.2. The van der Waals surface area contributed by atoms with Gasteiger partial charge in [-0.2, -0.15) is 4.99 Å². The highest BCUT2D eigenvalue weighted by Crippen LogP contribution is 2.27. The normalized spacial score (nSPS) is 12.3. The number of nitrogens with one attached hydrogen (secondary N) is 1. The molecular formula is C26H26ClN3O4S2. The average molecular weight is 544 g/mol. The van der Waals surface area contributed by atoms with Gasteiger partial charge in [-0.25, -0.2) is 8.42 Å². The van der Waals surface area contributed by atoms with Gasteiger partial charge >= 0.3 is 0 Å². The minimum atomic E-state index is -3.89. The third kappa shape index (κ3) is 5.54. The van der Waals surface area contributed by atoms with Crippen LogP contribution in [0, 0.1) is 13.8 Å². The number of ether oxygens (including phenoxy) is 1. The van der Waals surface area contributed by atoms with Crippen molar-refractivity contribution in [2.24, 2.45) is 4.99 Å². The molecule has 0 atom stereocenters. The van der Waals surface area contributed by atoms with E-state index in [1.807, 2.05) is 37.5 Å². The number of benzene rings is 3. The van der Waals surface area contributed by atoms with Gasteiger partial charge in [-0.05, 0) is 62.7 Å². The van der Waals surface area contributed by atoms with Crippen LogP contribution >= 0.6 is 22.9 Å². The largest absolute Gasteiger partial charge is 0.380 e. The van der Waals surface area contributed by atoms with E-state index in [0.29, 0.717) is 29.6 Å². The Kier molecular flexibility index (Phi) is 7.94. The molecule has 1 aromatic heterocycles. The molecule has 10 heteroatoms. The van der Waals surface area contributed by atoms with Crippen molar-refractivity contribution in [1.82, 2.24) is 4.57 Å². The second kappa shape index (κ2) is 11.0. The molecule has 36 heavy (non-hydrogen) atoms. The lowest BCUT2D eigenvalue weighted by atomic mass is 10.2. The Morgan fingerprint density at radius 1 is 1.08 bits per heavy atom. The van der Waals surface area contributed by atoms with Crippen LogP contribution in [0.15, 0.2) is 70.6 Å². The summed E-state index contributed by atoms with van der Waals surface area (Å²) < 4.78 is 36.8. The van der Waals surface area contributed by atoms with Gasteiger partial charge in [-0.3, -0.25) is 9.52 Å². The van der Waals surface area contributed by atoms with Gasteiger partial charge in [0.2, 0.25) is 0 Å². The molecule has 0 unspecified atom stereocenters. The van der Waals surface area contributed by atoms with Gasteiger partial charge in [0.05, 0.1) is 33.0 Å². The molecule has 1 N–H and O–H groups in total. The smallest absolute Gasteiger partial charge is 0.281 e. The highest BCUT2D eigenvalue weighted by molar-refractivity contribution is 7.92. The second-order valence-electron chi connectivity index (χ2n) is 8.13. The summed E-state index contributed by atoms with van der Waals surface area (Å²) in [5.74, 6) is -0.558. The molecule has 0 spiro atoms. The summed E-state index contributed by atoms with van der Waals surface area (Å²) in [5.41, 5.74) is 3.04. The highest BCUT2D eigenvalue weighted by atomic mass is 35.5. The van der Waals surface area contributed by atoms with E-state index in [1.54, 1.807) is 36.4 Å². The van der Waals surface area contributed by atoms with E-state index in [0.717, 1.165) is 21.3 Å². The Hall–Kier alpha value is -2.98. The molecule has 0 radical (unpaired) electrons. The molecule has 0 saturated carbocycles. The van der Waals surface area contributed by atoms with E-state index in [-0.39, 0.29) is 16.1 Å². The van der Waals surface area contributed by atoms with Crippen molar-refractivity contribution in [3.63, 3.8) is 0 Å². The molecule has 0 aliphatic rings. The SMILES string of the molecule is CCOCCn1c(=NC(=O)c2ccccc2NS(=O)(=O)c2ccc(C)cc2)sc2ccc(Cl)c(C)c21. The number of hydrogen-bond acceptors (Lipinski definition) is 5. The predicted octanol–water partition coefficient (Wildman–Crippen LogP) is 5.55. The number of amides is 1. The van der Waals surface area contributed by atoms with Crippen molar-refractivity contribution >= 4 is 54.8 Å². The molecule has 4 rings (SSSR count). The number of hydrogen-bond donors (Lipinski definition) is 1. The first-order valence-electron chi connectivity index (χ1n) is 11.3. The zero-order valence-electron chi connectivity index (χ0n) is 20.1. The zero-order valence-corrected chi connectivity index (χ0v) is 22.5. The number of fused-ring (bicyclic) bond motifs is 1. The molecule has 4 aromatic rings. The standard InChI is InChI=1S/C26H26ClN3O4S2/c1-4-34-16-15-30-24-18(3)21(27)13-14-23(24)35-26(30)28-25(31)20-7-5-6-8-22(20)29-36(32,33)19-11-9-17(2)10-12-19/h5-14,29H,4,15-16H2,1-3H3. The van der Waals surface area contributed by atoms with E-state index < -0.39 is 15.9 Å². The second-order valence-corrected chi connectivity index (χ2v) is 11.2. The van der Waals surface area contributed by atoms with Crippen molar-refractivity contribution in [3.05, 3.63) is 87.2 Å². The number of rotatable bonds is 8. The Morgan fingerprint density at radius 2 is 1.81 bits per heavy atom. The lowest BCUT2D eigenvalue weighted by molar-refractivity contribution is 0.0997. The van der Waals surface area contributed by atoms with Crippen LogP contribution in [0.25, 0.3) is 10.2 Å². The molecular weight excluding hydrogens is 518 g/mol. The third-order valence-corrected chi connectivity index (χ3v) is 8.46. The van der Waals surface area contributed by atoms with Gasteiger partial charge in [0, 0.05) is 18.2 Å². The Morgan fingerprint density at radius 3 is 2.53 bits per heavy atom. The third-order valence-electron chi connectivity index (χ3n) is 5.62. The summed E-state index contributed by atoms with van der Waals surface area (Å²) in [4.78, 5) is 18.3. The number of thiazole rings is 1. The van der Waals surface area contributed by atoms with Gasteiger partial charge in [0.1, 0.15) is 0 Å². The molecule has 1 amide bonds. The maximum Gasteiger partial charge on any atom is 0.281 e. The van der Waals surface area contributed by atoms with Gasteiger partial charge < -0.3 is 9.30 Å². The van der Waals surface area contributed by atoms with Crippen LogP contribution in [0.1, 0.15) is 28.4 Å². The van der Waals surface area contributed by atoms with E-state index in [1.165, 1.54) is 23.5 Å². The molecule has 0 aliphatic heterocycles. The number of para-hydroxylation sites is 1. The van der Waals surface area contributed by atoms with Gasteiger partial charge in [0.25, 0.3) is 15.9 Å². The Balaban J connectivity index is 1.76. The summed E-state index contributed by atoms with van der Waals surface area (Å²) in [7, 11) is -3.89. The summed E-state index contributed by atoms with van der Waals surface area (Å²) in [6.45, 7) is 7.23. The van der Waals surface area contributed by atoms with E-state index in [2.05, 4.69) is 9.71 Å². The Bertz CT molecular complexity index is 1590. The maximum absolute atomic E-state index is 13.3. The van der Waals surface area contributed by atoms with Crippen LogP contribution in [0.3, 0.4) is 0 Å². The maximum atomic E-state index is 13.3. The van der Waals surface area contributed by atoms with Crippen molar-refractivity contribution < 1.29 is 17.9 Å². The van der Waals surface area contributed by atoms with Gasteiger partial charge in [-0.1, -0.05) is 52.8 Å². The molecule has 1 heterocycles. The number of halogens is 1. The van der Waals surface area contributed by atoms with Crippen molar-refractivity contribution in [2.45, 2.75) is 32.2 Å². The highest BCUT2D eigenvalue weighted by Gasteiger charge is 2.19. The number of aromatic nitrogens is 1. The summed E-state index contributed by atoms with van der Waals surface area (Å²) in [6.07, 6.45) is 0. The number of carbonyl (C=O) groups is 1. The van der Waals surface area contributed by atoms with Crippen LogP contribution in [0.4, 0.5) is 5.69 Å². The fourth-order valence-corrected chi connectivity index (χ4v) is 6.08. The molecule has 0 bridgehead atoms. The van der Waals surface area contributed by atoms with Crippen LogP contribution in [-0.2, 0) is 21.3 Å². The lowest BCUT2D eigenvalue weighted by Crippen LogP contribution is -2.21. The van der Waals surface area contributed by atoms with Crippen molar-refractivity contribution in [2.75, 3.05) is 17.9 Å². The summed E-state index contributed by atoms with van der Waals surface area (Å²) >= 11 is 7.74. The number of carbonyl (C=O) groups excluding carboxylic acids is 1. The lowest BCUT2D eigenvalue weighted by Gasteiger charge is -2.11. The van der Waals surface area contributed by atoms with E-state index >= 15 is 0 Å². The number of aryl methyl sites for hydroxylation is 2. The molecule has 3 aromatic carbocycles. The molecule has 0 saturated heterocycles. The number of nitrogens with zero attached hydrogens (tertiary/aromatic N) is 2. The fraction of sp³-hybridized carbons (Fsp3) is 0.231. The minimum Gasteiger partial charge on any atom is -0.380 e. The summed E-state index contributed by atoms with van der Waals surface area (Å²) in [6, 6.07) is 16.7. The number of anilines is 1. The van der Waals surface area contributed by atoms with Crippen LogP contribution < -0.4 is 9.52 Å². The van der Waals surface area contributed by atoms with E-state index in [4.69, 9.17) is 16.3 Å². The predicted molar refractivity (Wildman–Crippen MR) is 144 cm³/mol. The summed E-state index contributed by atoms with van der Waals surface area (Å²) in [5, 5.41) is 0.624. The van der Waals surface area contributed by atoms with Crippen LogP contribution in [0.2, 0.25) is 5.02 Å². The van der Waals surface area contributed by atoms with Gasteiger partial charge in [-0.15, -0.1) is 0 Å². The van der Waals surface area contributed by atoms with Crippen LogP contribution in [-0.4, -0.2) is 32.1 Å². The molecule has 7 nitrogen and oxygen atoms in total. The minimum absolute atomic E-state index is 0.109. The average Bonchev–Trinajstić information content (AvgIpc) is 3.19. The Labute approximate surface area is 219 Å². The van der Waals surface area contributed by atoms with E-state index in [9.17, 15) is 13.2 Å². The molecule has 188 valence electrons. The fourth-order valence-electron chi connectivity index (χ4n) is 3.74. The number of sulfonamides is 1. The monoisotopic (exact) mass is 543 g/mol. The van der Waals surface area contributed by atoms with Gasteiger partial charge in [0.15, 0.2) is 4.80 Å². The zero-order chi connectivity index (χ0) is 25.9. The first-order valence-corrected chi connectivity index (χ1v) is 14.0. The molecule has 0 fully saturated rings. The van der Waals surface area contributed by atoms with Crippen molar-refractivity contribution in [1.29, 1.82) is 0 Å². The first kappa shape index (κ1) is 26.1.